The predicted molar refractivity (Wildman–Crippen MR) is 151 cm³/mol. The summed E-state index contributed by atoms with van der Waals surface area (Å²) in [6.45, 7) is 16.3. The lowest BCUT2D eigenvalue weighted by Gasteiger charge is -2.38. The van der Waals surface area contributed by atoms with Crippen molar-refractivity contribution in [3.63, 3.8) is 0 Å². The van der Waals surface area contributed by atoms with Crippen molar-refractivity contribution in [3.05, 3.63) is 0 Å². The molecule has 0 radical (unpaired) electrons. The third kappa shape index (κ3) is 15.8. The van der Waals surface area contributed by atoms with Crippen LogP contribution >= 0.6 is 21.6 Å². The van der Waals surface area contributed by atoms with Crippen molar-refractivity contribution in [2.75, 3.05) is 26.4 Å². The summed E-state index contributed by atoms with van der Waals surface area (Å²) in [5, 5.41) is 0. The molecule has 4 nitrogen and oxygen atoms in total. The molecule has 0 unspecified atom stereocenters. The molecule has 194 valence electrons. The van der Waals surface area contributed by atoms with Crippen molar-refractivity contribution in [2.24, 2.45) is 0 Å². The van der Waals surface area contributed by atoms with Crippen LogP contribution in [-0.4, -0.2) is 55.0 Å². The molecule has 0 aliphatic rings. The fraction of sp³-hybridized carbons (Fsp3) is 1.00. The smallest absolute Gasteiger partial charge is 0.200 e. The zero-order valence-corrected chi connectivity index (χ0v) is 26.6. The minimum absolute atomic E-state index is 0.474. The molecular weight excluding hydrogens is 473 g/mol. The first-order valence-electron chi connectivity index (χ1n) is 13.5. The molecule has 0 aromatic carbocycles. The van der Waals surface area contributed by atoms with Crippen molar-refractivity contribution in [1.82, 2.24) is 0 Å². The van der Waals surface area contributed by atoms with E-state index in [0.717, 1.165) is 52.1 Å². The van der Waals surface area contributed by atoms with Gasteiger partial charge in [0.1, 0.15) is 19.0 Å². The highest BCUT2D eigenvalue weighted by molar-refractivity contribution is 8.78. The first-order chi connectivity index (χ1) is 15.6. The molecule has 0 spiro atoms. The first-order valence-corrected chi connectivity index (χ1v) is 19.1. The molecule has 8 heteroatoms. The zero-order valence-electron chi connectivity index (χ0n) is 22.2. The Morgan fingerprint density at radius 2 is 0.781 bits per heavy atom. The van der Waals surface area contributed by atoms with E-state index in [1.165, 1.54) is 50.6 Å². The lowest BCUT2D eigenvalue weighted by molar-refractivity contribution is -0.120. The van der Waals surface area contributed by atoms with E-state index in [0.29, 0.717) is 0 Å². The number of hydrogen-bond donors (Lipinski definition) is 0. The van der Waals surface area contributed by atoms with Crippen molar-refractivity contribution < 1.29 is 18.9 Å². The van der Waals surface area contributed by atoms with Gasteiger partial charge in [0.2, 0.25) is 0 Å². The van der Waals surface area contributed by atoms with E-state index in [4.69, 9.17) is 18.9 Å². The van der Waals surface area contributed by atoms with Crippen molar-refractivity contribution >= 4 is 40.6 Å². The van der Waals surface area contributed by atoms with Gasteiger partial charge >= 0.3 is 0 Å². The minimum Gasteiger partial charge on any atom is -0.345 e. The highest BCUT2D eigenvalue weighted by atomic mass is 33.1. The molecule has 0 aliphatic heterocycles. The molecule has 0 bridgehead atoms. The normalized spacial score (nSPS) is 13.3. The van der Waals surface area contributed by atoms with Crippen LogP contribution in [0.4, 0.5) is 0 Å². The molecule has 0 heterocycles. The maximum absolute atomic E-state index is 6.49. The Kier molecular flexibility index (Phi) is 23.1. The van der Waals surface area contributed by atoms with Crippen LogP contribution in [0.1, 0.15) is 106 Å². The van der Waals surface area contributed by atoms with Crippen LogP contribution in [0.3, 0.4) is 0 Å². The molecule has 0 saturated heterocycles. The summed E-state index contributed by atoms with van der Waals surface area (Å²) in [5.41, 5.74) is 0. The highest BCUT2D eigenvalue weighted by Crippen LogP contribution is 2.47. The molecule has 0 rings (SSSR count). The van der Waals surface area contributed by atoms with Gasteiger partial charge < -0.3 is 18.9 Å². The Balaban J connectivity index is 5.50. The van der Waals surface area contributed by atoms with Crippen LogP contribution in [0.15, 0.2) is 0 Å². The van der Waals surface area contributed by atoms with Gasteiger partial charge in [0.05, 0.1) is 26.4 Å². The second-order valence-electron chi connectivity index (χ2n) is 8.55. The van der Waals surface area contributed by atoms with E-state index in [1.807, 2.05) is 0 Å². The average Bonchev–Trinajstić information content (AvgIpc) is 2.82. The third-order valence-corrected chi connectivity index (χ3v) is 15.0. The van der Waals surface area contributed by atoms with Crippen LogP contribution in [-0.2, 0) is 18.9 Å². The molecule has 0 fully saturated rings. The van der Waals surface area contributed by atoms with Crippen LogP contribution in [0, 0.1) is 0 Å². The van der Waals surface area contributed by atoms with E-state index in [2.05, 4.69) is 41.5 Å². The molecule has 32 heavy (non-hydrogen) atoms. The predicted octanol–water partition coefficient (Wildman–Crippen LogP) is 6.85. The van der Waals surface area contributed by atoms with Gasteiger partial charge in [-0.15, -0.1) is 0 Å². The van der Waals surface area contributed by atoms with Gasteiger partial charge in [0.15, 0.2) is 9.48 Å². The van der Waals surface area contributed by atoms with Crippen LogP contribution < -0.4 is 0 Å². The number of unbranched alkanes of at least 4 members (excludes halogenated alkanes) is 4. The third-order valence-electron chi connectivity index (χ3n) is 5.07. The van der Waals surface area contributed by atoms with E-state index in [1.54, 1.807) is 21.6 Å². The average molecular weight is 527 g/mol. The fourth-order valence-corrected chi connectivity index (χ4v) is 12.7. The van der Waals surface area contributed by atoms with E-state index >= 15 is 0 Å². The highest BCUT2D eigenvalue weighted by Gasteiger charge is 2.40. The zero-order chi connectivity index (χ0) is 24.0. The Hall–Kier alpha value is 0.974. The molecule has 0 saturated carbocycles. The number of ether oxygens (including phenoxy) is 4. The van der Waals surface area contributed by atoms with Gasteiger partial charge in [-0.25, -0.2) is 0 Å². The van der Waals surface area contributed by atoms with E-state index in [-0.39, 0.29) is 0 Å². The molecule has 0 aliphatic carbocycles. The van der Waals surface area contributed by atoms with Gasteiger partial charge in [-0.2, -0.15) is 0 Å². The molecule has 0 N–H and O–H groups in total. The Bertz CT molecular complexity index is 354. The second-order valence-corrected chi connectivity index (χ2v) is 16.4. The molecular formula is C24H54O4S2Si2. The summed E-state index contributed by atoms with van der Waals surface area (Å²) >= 11 is 0. The van der Waals surface area contributed by atoms with Crippen LogP contribution in [0.2, 0.25) is 12.1 Å². The van der Waals surface area contributed by atoms with Gasteiger partial charge in [0, 0.05) is 0 Å². The topological polar surface area (TPSA) is 36.9 Å². The first kappa shape index (κ1) is 33.0. The summed E-state index contributed by atoms with van der Waals surface area (Å²) in [6, 6.07) is 2.53. The molecule has 0 aromatic heterocycles. The molecule has 0 amide bonds. The fourth-order valence-electron chi connectivity index (χ4n) is 3.25. The van der Waals surface area contributed by atoms with Crippen LogP contribution in [0.5, 0.6) is 0 Å². The monoisotopic (exact) mass is 526 g/mol. The van der Waals surface area contributed by atoms with Crippen molar-refractivity contribution in [1.29, 1.82) is 0 Å². The Morgan fingerprint density at radius 3 is 1.03 bits per heavy atom. The Morgan fingerprint density at radius 1 is 0.469 bits per heavy atom. The summed E-state index contributed by atoms with van der Waals surface area (Å²) < 4.78 is 25.0. The van der Waals surface area contributed by atoms with E-state index < -0.39 is 28.5 Å². The molecule has 0 aromatic rings. The summed E-state index contributed by atoms with van der Waals surface area (Å²) in [7, 11) is 2.44. The number of rotatable bonds is 25. The maximum atomic E-state index is 6.49. The van der Waals surface area contributed by atoms with Gasteiger partial charge in [-0.3, -0.25) is 0 Å². The number of hydrogen-bond acceptors (Lipinski definition) is 6. The SMILES string of the molecule is CCCCC[SiH2]C(OCCC)(OCCC)SSC(OCCC)(OCCC)[SiH2]CCCCC. The van der Waals surface area contributed by atoms with Crippen molar-refractivity contribution in [2.45, 2.75) is 127 Å². The lowest BCUT2D eigenvalue weighted by atomic mass is 10.3. The van der Waals surface area contributed by atoms with Gasteiger partial charge in [-0.05, 0) is 47.3 Å². The summed E-state index contributed by atoms with van der Waals surface area (Å²) in [6.07, 6.45) is 11.8. The van der Waals surface area contributed by atoms with Crippen molar-refractivity contribution in [3.8, 4) is 0 Å². The molecule has 0 atom stereocenters. The van der Waals surface area contributed by atoms with Gasteiger partial charge in [-0.1, -0.05) is 92.2 Å². The maximum Gasteiger partial charge on any atom is 0.200 e. The summed E-state index contributed by atoms with van der Waals surface area (Å²) in [4.78, 5) is 0. The van der Waals surface area contributed by atoms with Crippen LogP contribution in [0.25, 0.3) is 0 Å². The standard InChI is InChI=1S/C24H54O4S2Si2/c1-7-13-15-21-31-23(25-17-9-3,26-18-10-4)29-30-24(27-19-11-5,28-20-12-6)32-22-16-14-8-2/h7-22,31-32H2,1-6H3. The second kappa shape index (κ2) is 22.4. The lowest BCUT2D eigenvalue weighted by Crippen LogP contribution is -2.43. The minimum atomic E-state index is -0.575. The Labute approximate surface area is 212 Å². The quantitative estimate of drug-likeness (QED) is 0.0560. The largest absolute Gasteiger partial charge is 0.345 e. The van der Waals surface area contributed by atoms with E-state index in [9.17, 15) is 0 Å². The summed E-state index contributed by atoms with van der Waals surface area (Å²) in [5.74, 6) is 0. The van der Waals surface area contributed by atoms with Gasteiger partial charge in [0.25, 0.3) is 0 Å².